The van der Waals surface area contributed by atoms with Crippen molar-refractivity contribution in [1.82, 2.24) is 4.90 Å². The molecule has 1 unspecified atom stereocenters. The van der Waals surface area contributed by atoms with Gasteiger partial charge in [-0.2, -0.15) is 0 Å². The van der Waals surface area contributed by atoms with Crippen molar-refractivity contribution in [3.63, 3.8) is 0 Å². The van der Waals surface area contributed by atoms with E-state index in [4.69, 9.17) is 10.5 Å². The molecule has 0 heterocycles. The lowest BCUT2D eigenvalue weighted by molar-refractivity contribution is -0.131. The SMILES string of the molecule is CCOc1ccc(CN(C)C(=O)C(N)c2ccc(C)cc2)cc1. The minimum absolute atomic E-state index is 0.0947. The molecule has 2 aromatic carbocycles. The smallest absolute Gasteiger partial charge is 0.244 e. The van der Waals surface area contributed by atoms with E-state index in [0.717, 1.165) is 22.4 Å². The number of amides is 1. The predicted octanol–water partition coefficient (Wildman–Crippen LogP) is 3.05. The second-order valence-corrected chi connectivity index (χ2v) is 5.66. The molecule has 0 aliphatic heterocycles. The number of hydrogen-bond acceptors (Lipinski definition) is 3. The van der Waals surface area contributed by atoms with Gasteiger partial charge in [-0.1, -0.05) is 42.0 Å². The Morgan fingerprint density at radius 3 is 2.30 bits per heavy atom. The minimum Gasteiger partial charge on any atom is -0.494 e. The molecule has 0 saturated carbocycles. The second kappa shape index (κ2) is 7.79. The maximum absolute atomic E-state index is 12.5. The average molecular weight is 312 g/mol. The van der Waals surface area contributed by atoms with Gasteiger partial charge in [0.1, 0.15) is 11.8 Å². The van der Waals surface area contributed by atoms with Gasteiger partial charge in [0.15, 0.2) is 0 Å². The summed E-state index contributed by atoms with van der Waals surface area (Å²) < 4.78 is 5.42. The van der Waals surface area contributed by atoms with Crippen LogP contribution in [-0.2, 0) is 11.3 Å². The van der Waals surface area contributed by atoms with Crippen molar-refractivity contribution >= 4 is 5.91 Å². The van der Waals surface area contributed by atoms with Crippen LogP contribution in [0.3, 0.4) is 0 Å². The fourth-order valence-corrected chi connectivity index (χ4v) is 2.36. The molecule has 0 fully saturated rings. The van der Waals surface area contributed by atoms with E-state index in [-0.39, 0.29) is 5.91 Å². The van der Waals surface area contributed by atoms with Crippen molar-refractivity contribution in [2.45, 2.75) is 26.4 Å². The van der Waals surface area contributed by atoms with E-state index < -0.39 is 6.04 Å². The first kappa shape index (κ1) is 17.0. The van der Waals surface area contributed by atoms with Crippen molar-refractivity contribution in [1.29, 1.82) is 0 Å². The highest BCUT2D eigenvalue weighted by molar-refractivity contribution is 5.82. The number of rotatable bonds is 6. The number of nitrogens with two attached hydrogens (primary N) is 1. The quantitative estimate of drug-likeness (QED) is 0.892. The maximum atomic E-state index is 12.5. The first-order valence-corrected chi connectivity index (χ1v) is 7.80. The molecule has 1 atom stereocenters. The summed E-state index contributed by atoms with van der Waals surface area (Å²) >= 11 is 0. The van der Waals surface area contributed by atoms with Crippen LogP contribution in [0.4, 0.5) is 0 Å². The Morgan fingerprint density at radius 1 is 1.13 bits per heavy atom. The molecule has 0 bridgehead atoms. The third-order valence-corrected chi connectivity index (χ3v) is 3.73. The maximum Gasteiger partial charge on any atom is 0.244 e. The molecule has 4 heteroatoms. The normalized spacial score (nSPS) is 11.8. The zero-order valence-electron chi connectivity index (χ0n) is 14.0. The van der Waals surface area contributed by atoms with Crippen LogP contribution in [0.2, 0.25) is 0 Å². The molecule has 2 aromatic rings. The summed E-state index contributed by atoms with van der Waals surface area (Å²) in [7, 11) is 1.77. The Kier molecular flexibility index (Phi) is 5.77. The molecule has 23 heavy (non-hydrogen) atoms. The van der Waals surface area contributed by atoms with Gasteiger partial charge in [0.2, 0.25) is 5.91 Å². The van der Waals surface area contributed by atoms with Crippen molar-refractivity contribution in [3.8, 4) is 5.75 Å². The summed E-state index contributed by atoms with van der Waals surface area (Å²) in [5.41, 5.74) is 9.12. The highest BCUT2D eigenvalue weighted by atomic mass is 16.5. The molecule has 0 aromatic heterocycles. The standard InChI is InChI=1S/C19H24N2O2/c1-4-23-17-11-7-15(8-12-17)13-21(3)19(22)18(20)16-9-5-14(2)6-10-16/h5-12,18H,4,13,20H2,1-3H3. The fraction of sp³-hybridized carbons (Fsp3) is 0.316. The van der Waals surface area contributed by atoms with Crippen LogP contribution in [0.5, 0.6) is 5.75 Å². The lowest BCUT2D eigenvalue weighted by Gasteiger charge is -2.22. The molecule has 122 valence electrons. The van der Waals surface area contributed by atoms with Crippen LogP contribution in [0.25, 0.3) is 0 Å². The van der Waals surface area contributed by atoms with Gasteiger partial charge in [0.05, 0.1) is 6.61 Å². The van der Waals surface area contributed by atoms with Crippen LogP contribution in [0, 0.1) is 6.92 Å². The number of hydrogen-bond donors (Lipinski definition) is 1. The Balaban J connectivity index is 2.00. The van der Waals surface area contributed by atoms with Gasteiger partial charge >= 0.3 is 0 Å². The van der Waals surface area contributed by atoms with Gasteiger partial charge in [-0.25, -0.2) is 0 Å². The van der Waals surface area contributed by atoms with Crippen molar-refractivity contribution in [2.24, 2.45) is 5.73 Å². The number of aryl methyl sites for hydroxylation is 1. The van der Waals surface area contributed by atoms with Gasteiger partial charge in [0, 0.05) is 13.6 Å². The Morgan fingerprint density at radius 2 is 1.74 bits per heavy atom. The van der Waals surface area contributed by atoms with E-state index in [9.17, 15) is 4.79 Å². The zero-order chi connectivity index (χ0) is 16.8. The lowest BCUT2D eigenvalue weighted by Crippen LogP contribution is -2.35. The average Bonchev–Trinajstić information content (AvgIpc) is 2.56. The van der Waals surface area contributed by atoms with Gasteiger partial charge in [-0.15, -0.1) is 0 Å². The molecular weight excluding hydrogens is 288 g/mol. The summed E-state index contributed by atoms with van der Waals surface area (Å²) in [6, 6.07) is 14.9. The van der Waals surface area contributed by atoms with E-state index >= 15 is 0 Å². The third kappa shape index (κ3) is 4.57. The molecule has 0 saturated heterocycles. The number of nitrogens with zero attached hydrogens (tertiary/aromatic N) is 1. The number of benzene rings is 2. The van der Waals surface area contributed by atoms with Crippen LogP contribution in [0.15, 0.2) is 48.5 Å². The first-order valence-electron chi connectivity index (χ1n) is 7.80. The molecule has 2 N–H and O–H groups in total. The predicted molar refractivity (Wildman–Crippen MR) is 92.2 cm³/mol. The largest absolute Gasteiger partial charge is 0.494 e. The molecule has 0 aliphatic carbocycles. The second-order valence-electron chi connectivity index (χ2n) is 5.66. The van der Waals surface area contributed by atoms with E-state index in [1.807, 2.05) is 62.4 Å². The minimum atomic E-state index is -0.636. The third-order valence-electron chi connectivity index (χ3n) is 3.73. The topological polar surface area (TPSA) is 55.6 Å². The van der Waals surface area contributed by atoms with Crippen LogP contribution < -0.4 is 10.5 Å². The number of ether oxygens (including phenoxy) is 1. The van der Waals surface area contributed by atoms with Gasteiger partial charge in [-0.3, -0.25) is 4.79 Å². The molecular formula is C19H24N2O2. The Labute approximate surface area is 137 Å². The lowest BCUT2D eigenvalue weighted by atomic mass is 10.0. The molecule has 1 amide bonds. The number of carbonyl (C=O) groups is 1. The Hall–Kier alpha value is -2.33. The molecule has 4 nitrogen and oxygen atoms in total. The summed E-state index contributed by atoms with van der Waals surface area (Å²) in [6.07, 6.45) is 0. The van der Waals surface area contributed by atoms with E-state index in [0.29, 0.717) is 13.2 Å². The van der Waals surface area contributed by atoms with Crippen LogP contribution in [0.1, 0.15) is 29.7 Å². The Bertz CT molecular complexity index is 635. The number of likely N-dealkylation sites (N-methyl/N-ethyl adjacent to an activating group) is 1. The summed E-state index contributed by atoms with van der Waals surface area (Å²) in [6.45, 7) is 5.12. The molecule has 0 radical (unpaired) electrons. The summed E-state index contributed by atoms with van der Waals surface area (Å²) in [5.74, 6) is 0.740. The monoisotopic (exact) mass is 312 g/mol. The first-order chi connectivity index (χ1) is 11.0. The summed E-state index contributed by atoms with van der Waals surface area (Å²) in [5, 5.41) is 0. The zero-order valence-corrected chi connectivity index (χ0v) is 14.0. The summed E-state index contributed by atoms with van der Waals surface area (Å²) in [4.78, 5) is 14.1. The van der Waals surface area contributed by atoms with Gasteiger partial charge in [-0.05, 0) is 37.1 Å². The highest BCUT2D eigenvalue weighted by Gasteiger charge is 2.19. The van der Waals surface area contributed by atoms with Gasteiger partial charge in [0.25, 0.3) is 0 Å². The van der Waals surface area contributed by atoms with Crippen molar-refractivity contribution in [2.75, 3.05) is 13.7 Å². The van der Waals surface area contributed by atoms with E-state index in [1.165, 1.54) is 0 Å². The molecule has 2 rings (SSSR count). The van der Waals surface area contributed by atoms with Crippen LogP contribution >= 0.6 is 0 Å². The van der Waals surface area contributed by atoms with E-state index in [2.05, 4.69) is 0 Å². The van der Waals surface area contributed by atoms with Crippen LogP contribution in [-0.4, -0.2) is 24.5 Å². The van der Waals surface area contributed by atoms with Gasteiger partial charge < -0.3 is 15.4 Å². The fourth-order valence-electron chi connectivity index (χ4n) is 2.36. The van der Waals surface area contributed by atoms with E-state index in [1.54, 1.807) is 11.9 Å². The molecule has 0 spiro atoms. The van der Waals surface area contributed by atoms with Crippen molar-refractivity contribution in [3.05, 3.63) is 65.2 Å². The highest BCUT2D eigenvalue weighted by Crippen LogP contribution is 2.17. The molecule has 0 aliphatic rings. The van der Waals surface area contributed by atoms with Crippen molar-refractivity contribution < 1.29 is 9.53 Å². The number of carbonyl (C=O) groups excluding carboxylic acids is 1.